The molecule has 0 spiro atoms. The van der Waals surface area contributed by atoms with Crippen molar-refractivity contribution < 1.29 is 14.6 Å². The fourth-order valence-electron chi connectivity index (χ4n) is 1.81. The van der Waals surface area contributed by atoms with Crippen LogP contribution in [-0.2, 0) is 0 Å². The molecule has 2 N–H and O–H groups in total. The topological polar surface area (TPSA) is 76.5 Å². The highest BCUT2D eigenvalue weighted by molar-refractivity contribution is 5.66. The van der Waals surface area contributed by atoms with E-state index in [0.717, 1.165) is 22.6 Å². The van der Waals surface area contributed by atoms with Gasteiger partial charge >= 0.3 is 0 Å². The van der Waals surface area contributed by atoms with Gasteiger partial charge < -0.3 is 19.9 Å². The molecule has 0 saturated carbocycles. The Hall–Kier alpha value is -2.34. The van der Waals surface area contributed by atoms with E-state index in [4.69, 9.17) is 14.6 Å². The molecule has 0 amide bonds. The van der Waals surface area contributed by atoms with Crippen molar-refractivity contribution in [3.63, 3.8) is 0 Å². The fraction of sp³-hybridized carbons (Fsp3) is 0.231. The summed E-state index contributed by atoms with van der Waals surface area (Å²) in [6.45, 7) is 0.746. The highest BCUT2D eigenvalue weighted by Crippen LogP contribution is 2.35. The van der Waals surface area contributed by atoms with Crippen LogP contribution in [0.3, 0.4) is 0 Å². The summed E-state index contributed by atoms with van der Waals surface area (Å²) in [6.07, 6.45) is 3.45. The molecule has 2 aromatic rings. The van der Waals surface area contributed by atoms with Crippen LogP contribution in [0.1, 0.15) is 0 Å². The minimum absolute atomic E-state index is 0.0489. The van der Waals surface area contributed by atoms with Gasteiger partial charge in [0.25, 0.3) is 0 Å². The summed E-state index contributed by atoms with van der Waals surface area (Å²) in [6, 6.07) is 5.71. The highest BCUT2D eigenvalue weighted by atomic mass is 16.7. The molecule has 2 heterocycles. The first-order valence-corrected chi connectivity index (χ1v) is 5.93. The first kappa shape index (κ1) is 11.7. The lowest BCUT2D eigenvalue weighted by atomic mass is 10.1. The van der Waals surface area contributed by atoms with Crippen LogP contribution in [0, 0.1) is 0 Å². The van der Waals surface area contributed by atoms with Gasteiger partial charge in [-0.25, -0.2) is 9.97 Å². The summed E-state index contributed by atoms with van der Waals surface area (Å²) in [5.41, 5.74) is 1.87. The molecular formula is C13H13N3O3. The molecule has 6 heteroatoms. The quantitative estimate of drug-likeness (QED) is 0.861. The van der Waals surface area contributed by atoms with Gasteiger partial charge in [0.2, 0.25) is 12.7 Å². The first-order valence-electron chi connectivity index (χ1n) is 5.93. The Morgan fingerprint density at radius 3 is 2.68 bits per heavy atom. The summed E-state index contributed by atoms with van der Waals surface area (Å²) < 4.78 is 10.6. The molecule has 1 aliphatic rings. The summed E-state index contributed by atoms with van der Waals surface area (Å²) >= 11 is 0. The zero-order valence-corrected chi connectivity index (χ0v) is 10.2. The van der Waals surface area contributed by atoms with E-state index >= 15 is 0 Å². The molecule has 19 heavy (non-hydrogen) atoms. The lowest BCUT2D eigenvalue weighted by Gasteiger charge is -2.05. The van der Waals surface area contributed by atoms with Crippen molar-refractivity contribution in [3.8, 4) is 22.6 Å². The van der Waals surface area contributed by atoms with Gasteiger partial charge in [0.05, 0.1) is 6.61 Å². The van der Waals surface area contributed by atoms with Crippen LogP contribution in [0.15, 0.2) is 30.6 Å². The summed E-state index contributed by atoms with van der Waals surface area (Å²) in [7, 11) is 0. The van der Waals surface area contributed by atoms with Crippen LogP contribution >= 0.6 is 0 Å². The van der Waals surface area contributed by atoms with Gasteiger partial charge in [-0.1, -0.05) is 6.07 Å². The Kier molecular flexibility index (Phi) is 3.16. The minimum Gasteiger partial charge on any atom is -0.454 e. The maximum Gasteiger partial charge on any atom is 0.231 e. The fourth-order valence-corrected chi connectivity index (χ4v) is 1.81. The van der Waals surface area contributed by atoms with Crippen LogP contribution in [0.25, 0.3) is 11.1 Å². The third kappa shape index (κ3) is 2.43. The zero-order valence-electron chi connectivity index (χ0n) is 10.2. The van der Waals surface area contributed by atoms with Crippen LogP contribution in [-0.4, -0.2) is 35.0 Å². The number of nitrogens with zero attached hydrogens (tertiary/aromatic N) is 2. The standard InChI is InChI=1S/C13H13N3O3/c17-4-3-14-13-15-6-10(7-16-13)9-1-2-11-12(5-9)19-8-18-11/h1-2,5-7,17H,3-4,8H2,(H,14,15,16). The second-order valence-electron chi connectivity index (χ2n) is 4.01. The SMILES string of the molecule is OCCNc1ncc(-c2ccc3c(c2)OCO3)cn1. The van der Waals surface area contributed by atoms with Crippen molar-refractivity contribution >= 4 is 5.95 Å². The molecule has 0 atom stereocenters. The van der Waals surface area contributed by atoms with Crippen molar-refractivity contribution in [1.82, 2.24) is 9.97 Å². The summed E-state index contributed by atoms with van der Waals surface area (Å²) in [5.74, 6) is 1.99. The lowest BCUT2D eigenvalue weighted by Crippen LogP contribution is -2.08. The number of hydrogen-bond acceptors (Lipinski definition) is 6. The molecule has 98 valence electrons. The Balaban J connectivity index is 1.82. The first-order chi connectivity index (χ1) is 9.36. The van der Waals surface area contributed by atoms with E-state index < -0.39 is 0 Å². The molecule has 3 rings (SSSR count). The molecule has 0 aliphatic carbocycles. The summed E-state index contributed by atoms with van der Waals surface area (Å²) in [4.78, 5) is 8.36. The Morgan fingerprint density at radius 1 is 1.11 bits per heavy atom. The summed E-state index contributed by atoms with van der Waals surface area (Å²) in [5, 5.41) is 11.6. The Labute approximate surface area is 110 Å². The van der Waals surface area contributed by atoms with Gasteiger partial charge in [0.1, 0.15) is 0 Å². The molecule has 0 bridgehead atoms. The number of nitrogens with one attached hydrogen (secondary N) is 1. The average Bonchev–Trinajstić information content (AvgIpc) is 2.93. The van der Waals surface area contributed by atoms with Gasteiger partial charge in [-0.05, 0) is 17.7 Å². The number of ether oxygens (including phenoxy) is 2. The van der Waals surface area contributed by atoms with E-state index in [1.54, 1.807) is 12.4 Å². The van der Waals surface area contributed by atoms with Crippen LogP contribution in [0.2, 0.25) is 0 Å². The number of fused-ring (bicyclic) bond motifs is 1. The predicted molar refractivity (Wildman–Crippen MR) is 69.2 cm³/mol. The van der Waals surface area contributed by atoms with E-state index in [-0.39, 0.29) is 13.4 Å². The van der Waals surface area contributed by atoms with E-state index in [1.807, 2.05) is 18.2 Å². The molecule has 0 radical (unpaired) electrons. The number of aliphatic hydroxyl groups is 1. The van der Waals surface area contributed by atoms with Crippen molar-refractivity contribution in [1.29, 1.82) is 0 Å². The molecule has 1 aliphatic heterocycles. The number of benzene rings is 1. The van der Waals surface area contributed by atoms with Gasteiger partial charge in [-0.2, -0.15) is 0 Å². The maximum atomic E-state index is 8.71. The third-order valence-corrected chi connectivity index (χ3v) is 2.75. The molecule has 1 aromatic heterocycles. The van der Waals surface area contributed by atoms with Gasteiger partial charge in [0.15, 0.2) is 11.5 Å². The van der Waals surface area contributed by atoms with Crippen molar-refractivity contribution in [2.24, 2.45) is 0 Å². The third-order valence-electron chi connectivity index (χ3n) is 2.75. The second-order valence-corrected chi connectivity index (χ2v) is 4.01. The zero-order chi connectivity index (χ0) is 13.1. The predicted octanol–water partition coefficient (Wildman–Crippen LogP) is 1.28. The van der Waals surface area contributed by atoms with Crippen LogP contribution in [0.5, 0.6) is 11.5 Å². The van der Waals surface area contributed by atoms with Crippen molar-refractivity contribution in [2.75, 3.05) is 25.3 Å². The molecule has 0 unspecified atom stereocenters. The van der Waals surface area contributed by atoms with Crippen LogP contribution in [0.4, 0.5) is 5.95 Å². The molecule has 0 fully saturated rings. The van der Waals surface area contributed by atoms with Gasteiger partial charge in [-0.3, -0.25) is 0 Å². The Bertz CT molecular complexity index is 572. The number of rotatable bonds is 4. The number of aromatic nitrogens is 2. The monoisotopic (exact) mass is 259 g/mol. The smallest absolute Gasteiger partial charge is 0.231 e. The number of aliphatic hydroxyl groups excluding tert-OH is 1. The van der Waals surface area contributed by atoms with Crippen molar-refractivity contribution in [2.45, 2.75) is 0 Å². The van der Waals surface area contributed by atoms with E-state index in [1.165, 1.54) is 0 Å². The van der Waals surface area contributed by atoms with E-state index in [2.05, 4.69) is 15.3 Å². The van der Waals surface area contributed by atoms with Gasteiger partial charge in [-0.15, -0.1) is 0 Å². The second kappa shape index (κ2) is 5.11. The maximum absolute atomic E-state index is 8.71. The van der Waals surface area contributed by atoms with E-state index in [9.17, 15) is 0 Å². The molecule has 0 saturated heterocycles. The average molecular weight is 259 g/mol. The number of anilines is 1. The molecule has 6 nitrogen and oxygen atoms in total. The highest BCUT2D eigenvalue weighted by Gasteiger charge is 2.13. The molecule has 1 aromatic carbocycles. The van der Waals surface area contributed by atoms with Crippen molar-refractivity contribution in [3.05, 3.63) is 30.6 Å². The largest absolute Gasteiger partial charge is 0.454 e. The molecular weight excluding hydrogens is 246 g/mol. The lowest BCUT2D eigenvalue weighted by molar-refractivity contribution is 0.174. The normalized spacial score (nSPS) is 12.5. The number of hydrogen-bond donors (Lipinski definition) is 2. The Morgan fingerprint density at radius 2 is 1.89 bits per heavy atom. The van der Waals surface area contributed by atoms with Gasteiger partial charge in [0, 0.05) is 24.5 Å². The minimum atomic E-state index is 0.0489. The van der Waals surface area contributed by atoms with E-state index in [0.29, 0.717) is 12.5 Å². The van der Waals surface area contributed by atoms with Crippen LogP contribution < -0.4 is 14.8 Å².